The Kier molecular flexibility index (Phi) is 2.92. The molecule has 98 valence electrons. The molecule has 0 unspecified atom stereocenters. The summed E-state index contributed by atoms with van der Waals surface area (Å²) in [5, 5.41) is 0. The summed E-state index contributed by atoms with van der Waals surface area (Å²) in [6.07, 6.45) is 5.49. The Morgan fingerprint density at radius 2 is 2.10 bits per heavy atom. The van der Waals surface area contributed by atoms with Crippen LogP contribution in [0.2, 0.25) is 0 Å². The largest absolute Gasteiger partial charge is 0.399 e. The molecule has 0 aliphatic heterocycles. The standard InChI is InChI=1S/C17H15N3/c1-3-9-20-16-8-7-12(2)10-15(16)19-17(20)13-5-4-6-14(18)11-13/h1,4-8,10-11H,9,18H2,2H3. The van der Waals surface area contributed by atoms with Crippen LogP contribution < -0.4 is 5.73 Å². The highest BCUT2D eigenvalue weighted by atomic mass is 15.1. The molecule has 1 aromatic heterocycles. The van der Waals surface area contributed by atoms with Crippen molar-refractivity contribution in [2.45, 2.75) is 13.5 Å². The smallest absolute Gasteiger partial charge is 0.142 e. The molecule has 0 fully saturated rings. The van der Waals surface area contributed by atoms with E-state index < -0.39 is 0 Å². The van der Waals surface area contributed by atoms with Gasteiger partial charge in [0, 0.05) is 11.3 Å². The van der Waals surface area contributed by atoms with Crippen molar-refractivity contribution in [3.63, 3.8) is 0 Å². The second-order valence-corrected chi connectivity index (χ2v) is 4.84. The summed E-state index contributed by atoms with van der Waals surface area (Å²) >= 11 is 0. The number of nitrogen functional groups attached to an aromatic ring is 1. The maximum absolute atomic E-state index is 5.86. The second kappa shape index (κ2) is 4.75. The number of benzene rings is 2. The van der Waals surface area contributed by atoms with Crippen LogP contribution in [0.4, 0.5) is 5.69 Å². The Bertz CT molecular complexity index is 822. The number of imidazole rings is 1. The number of nitrogens with zero attached hydrogens (tertiary/aromatic N) is 2. The minimum Gasteiger partial charge on any atom is -0.399 e. The molecule has 0 saturated heterocycles. The van der Waals surface area contributed by atoms with Crippen LogP contribution in [0.15, 0.2) is 42.5 Å². The molecule has 0 aliphatic carbocycles. The highest BCUT2D eigenvalue weighted by molar-refractivity contribution is 5.82. The van der Waals surface area contributed by atoms with Crippen molar-refractivity contribution in [1.29, 1.82) is 0 Å². The molecule has 0 bridgehead atoms. The van der Waals surface area contributed by atoms with Crippen LogP contribution in [0.1, 0.15) is 5.56 Å². The lowest BCUT2D eigenvalue weighted by Gasteiger charge is -2.06. The van der Waals surface area contributed by atoms with Crippen LogP contribution in [0, 0.1) is 19.3 Å². The predicted octanol–water partition coefficient (Wildman–Crippen LogP) is 3.23. The summed E-state index contributed by atoms with van der Waals surface area (Å²) in [5.41, 5.74) is 10.7. The van der Waals surface area contributed by atoms with E-state index in [0.29, 0.717) is 6.54 Å². The molecule has 1 heterocycles. The number of hydrogen-bond acceptors (Lipinski definition) is 2. The van der Waals surface area contributed by atoms with Gasteiger partial charge >= 0.3 is 0 Å². The van der Waals surface area contributed by atoms with Gasteiger partial charge in [-0.25, -0.2) is 4.98 Å². The maximum Gasteiger partial charge on any atom is 0.142 e. The Balaban J connectivity index is 2.29. The highest BCUT2D eigenvalue weighted by Crippen LogP contribution is 2.26. The summed E-state index contributed by atoms with van der Waals surface area (Å²) in [6.45, 7) is 2.55. The number of fused-ring (bicyclic) bond motifs is 1. The van der Waals surface area contributed by atoms with Crippen LogP contribution in [-0.4, -0.2) is 9.55 Å². The topological polar surface area (TPSA) is 43.8 Å². The van der Waals surface area contributed by atoms with Gasteiger partial charge in [0.25, 0.3) is 0 Å². The SMILES string of the molecule is C#CCn1c(-c2cccc(N)c2)nc2cc(C)ccc21. The van der Waals surface area contributed by atoms with E-state index in [1.54, 1.807) is 0 Å². The Labute approximate surface area is 118 Å². The minimum atomic E-state index is 0.490. The number of rotatable bonds is 2. The summed E-state index contributed by atoms with van der Waals surface area (Å²) in [7, 11) is 0. The lowest BCUT2D eigenvalue weighted by molar-refractivity contribution is 0.882. The fourth-order valence-electron chi connectivity index (χ4n) is 2.39. The third-order valence-corrected chi connectivity index (χ3v) is 3.30. The molecule has 0 amide bonds. The number of nitrogens with two attached hydrogens (primary N) is 1. The molecule has 2 N–H and O–H groups in total. The van der Waals surface area contributed by atoms with Crippen molar-refractivity contribution in [3.8, 4) is 23.7 Å². The molecule has 3 rings (SSSR count). The summed E-state index contributed by atoms with van der Waals surface area (Å²) < 4.78 is 2.05. The molecule has 0 saturated carbocycles. The van der Waals surface area contributed by atoms with Gasteiger partial charge in [0.15, 0.2) is 0 Å². The van der Waals surface area contributed by atoms with Gasteiger partial charge in [-0.1, -0.05) is 24.1 Å². The number of aryl methyl sites for hydroxylation is 1. The number of anilines is 1. The maximum atomic E-state index is 5.86. The van der Waals surface area contributed by atoms with E-state index in [4.69, 9.17) is 17.1 Å². The van der Waals surface area contributed by atoms with E-state index in [0.717, 1.165) is 28.1 Å². The van der Waals surface area contributed by atoms with Gasteiger partial charge in [0.2, 0.25) is 0 Å². The molecular weight excluding hydrogens is 246 g/mol. The van der Waals surface area contributed by atoms with Crippen LogP contribution in [0.25, 0.3) is 22.4 Å². The molecule has 3 nitrogen and oxygen atoms in total. The molecule has 3 aromatic rings. The summed E-state index contributed by atoms with van der Waals surface area (Å²) in [4.78, 5) is 4.72. The average molecular weight is 261 g/mol. The summed E-state index contributed by atoms with van der Waals surface area (Å²) in [5.74, 6) is 3.55. The zero-order valence-electron chi connectivity index (χ0n) is 11.3. The van der Waals surface area contributed by atoms with Gasteiger partial charge in [-0.15, -0.1) is 6.42 Å². The third-order valence-electron chi connectivity index (χ3n) is 3.30. The first-order chi connectivity index (χ1) is 9.69. The van der Waals surface area contributed by atoms with Crippen molar-refractivity contribution in [3.05, 3.63) is 48.0 Å². The van der Waals surface area contributed by atoms with Gasteiger partial charge in [-0.2, -0.15) is 0 Å². The van der Waals surface area contributed by atoms with E-state index in [1.807, 2.05) is 28.8 Å². The van der Waals surface area contributed by atoms with Crippen molar-refractivity contribution in [1.82, 2.24) is 9.55 Å². The van der Waals surface area contributed by atoms with Crippen LogP contribution in [0.3, 0.4) is 0 Å². The first kappa shape index (κ1) is 12.3. The minimum absolute atomic E-state index is 0.490. The van der Waals surface area contributed by atoms with E-state index in [1.165, 1.54) is 5.56 Å². The van der Waals surface area contributed by atoms with E-state index in [9.17, 15) is 0 Å². The zero-order chi connectivity index (χ0) is 14.1. The number of aromatic nitrogens is 2. The lowest BCUT2D eigenvalue weighted by Crippen LogP contribution is -1.99. The zero-order valence-corrected chi connectivity index (χ0v) is 11.3. The molecular formula is C17H15N3. The number of hydrogen-bond donors (Lipinski definition) is 1. The van der Waals surface area contributed by atoms with Gasteiger partial charge in [0.05, 0.1) is 17.6 Å². The predicted molar refractivity (Wildman–Crippen MR) is 83.2 cm³/mol. The van der Waals surface area contributed by atoms with Crippen molar-refractivity contribution >= 4 is 16.7 Å². The van der Waals surface area contributed by atoms with E-state index >= 15 is 0 Å². The number of terminal acetylenes is 1. The van der Waals surface area contributed by atoms with Gasteiger partial charge in [-0.3, -0.25) is 0 Å². The Hall–Kier alpha value is -2.73. The average Bonchev–Trinajstić information content (AvgIpc) is 2.77. The van der Waals surface area contributed by atoms with E-state index in [-0.39, 0.29) is 0 Å². The molecule has 0 aliphatic rings. The molecule has 20 heavy (non-hydrogen) atoms. The van der Waals surface area contributed by atoms with E-state index in [2.05, 4.69) is 31.0 Å². The molecule has 2 aromatic carbocycles. The molecule has 3 heteroatoms. The first-order valence-corrected chi connectivity index (χ1v) is 6.45. The monoisotopic (exact) mass is 261 g/mol. The second-order valence-electron chi connectivity index (χ2n) is 4.84. The highest BCUT2D eigenvalue weighted by Gasteiger charge is 2.12. The quantitative estimate of drug-likeness (QED) is 0.568. The molecule has 0 radical (unpaired) electrons. The Morgan fingerprint density at radius 3 is 2.85 bits per heavy atom. The van der Waals surface area contributed by atoms with Crippen LogP contribution in [-0.2, 0) is 6.54 Å². The van der Waals surface area contributed by atoms with Crippen molar-refractivity contribution < 1.29 is 0 Å². The van der Waals surface area contributed by atoms with Crippen molar-refractivity contribution in [2.75, 3.05) is 5.73 Å². The Morgan fingerprint density at radius 1 is 1.25 bits per heavy atom. The van der Waals surface area contributed by atoms with Gasteiger partial charge in [0.1, 0.15) is 5.82 Å². The van der Waals surface area contributed by atoms with Crippen LogP contribution >= 0.6 is 0 Å². The summed E-state index contributed by atoms with van der Waals surface area (Å²) in [6, 6.07) is 13.9. The van der Waals surface area contributed by atoms with Gasteiger partial charge in [-0.05, 0) is 36.8 Å². The van der Waals surface area contributed by atoms with Crippen LogP contribution in [0.5, 0.6) is 0 Å². The van der Waals surface area contributed by atoms with Crippen molar-refractivity contribution in [2.24, 2.45) is 0 Å². The first-order valence-electron chi connectivity index (χ1n) is 6.45. The fourth-order valence-corrected chi connectivity index (χ4v) is 2.39. The normalized spacial score (nSPS) is 10.6. The third kappa shape index (κ3) is 2.02. The van der Waals surface area contributed by atoms with Gasteiger partial charge < -0.3 is 10.3 Å². The lowest BCUT2D eigenvalue weighted by atomic mass is 10.2. The molecule has 0 atom stereocenters. The molecule has 0 spiro atoms. The fraction of sp³-hybridized carbons (Fsp3) is 0.118.